The Morgan fingerprint density at radius 2 is 2.22 bits per heavy atom. The van der Waals surface area contributed by atoms with Gasteiger partial charge in [-0.2, -0.15) is 0 Å². The molecule has 0 radical (unpaired) electrons. The Hall–Kier alpha value is -1.02. The van der Waals surface area contributed by atoms with E-state index < -0.39 is 0 Å². The molecule has 1 aromatic carbocycles. The van der Waals surface area contributed by atoms with E-state index in [9.17, 15) is 0 Å². The second-order valence-corrected chi connectivity index (χ2v) is 5.81. The minimum Gasteiger partial charge on any atom is -0.371 e. The topological polar surface area (TPSA) is 15.3 Å². The zero-order valence-corrected chi connectivity index (χ0v) is 11.6. The predicted molar refractivity (Wildman–Crippen MR) is 77.2 cm³/mol. The molecule has 1 aliphatic carbocycles. The average Bonchev–Trinajstić information content (AvgIpc) is 3.10. The van der Waals surface area contributed by atoms with E-state index in [1.165, 1.54) is 43.6 Å². The summed E-state index contributed by atoms with van der Waals surface area (Å²) in [5.41, 5.74) is 4.48. The van der Waals surface area contributed by atoms with Crippen LogP contribution < -0.4 is 10.2 Å². The number of benzene rings is 1. The minimum atomic E-state index is 0.470. The van der Waals surface area contributed by atoms with Gasteiger partial charge in [0.1, 0.15) is 0 Å². The SMILES string of the molecule is CCNC(C)c1ccc2c(c1)CCN2CC1CC1. The molecule has 2 nitrogen and oxygen atoms in total. The number of nitrogens with zero attached hydrogens (tertiary/aromatic N) is 1. The van der Waals surface area contributed by atoms with Gasteiger partial charge >= 0.3 is 0 Å². The van der Waals surface area contributed by atoms with Gasteiger partial charge in [0.25, 0.3) is 0 Å². The van der Waals surface area contributed by atoms with E-state index in [1.807, 2.05) is 0 Å². The standard InChI is InChI=1S/C16H24N2/c1-3-17-12(2)14-6-7-16-15(10-14)8-9-18(16)11-13-4-5-13/h6-7,10,12-13,17H,3-5,8-9,11H2,1-2H3. The largest absolute Gasteiger partial charge is 0.371 e. The van der Waals surface area contributed by atoms with Crippen LogP contribution in [0.3, 0.4) is 0 Å². The van der Waals surface area contributed by atoms with Gasteiger partial charge in [0.05, 0.1) is 0 Å². The molecule has 3 rings (SSSR count). The van der Waals surface area contributed by atoms with Crippen LogP contribution in [0.2, 0.25) is 0 Å². The first-order valence-electron chi connectivity index (χ1n) is 7.39. The third-order valence-corrected chi connectivity index (χ3v) is 4.28. The normalized spacial score (nSPS) is 20.0. The monoisotopic (exact) mass is 244 g/mol. The second kappa shape index (κ2) is 4.93. The third-order valence-electron chi connectivity index (χ3n) is 4.28. The molecule has 0 bridgehead atoms. The van der Waals surface area contributed by atoms with E-state index in [-0.39, 0.29) is 0 Å². The lowest BCUT2D eigenvalue weighted by Crippen LogP contribution is -2.23. The Kier molecular flexibility index (Phi) is 3.29. The Balaban J connectivity index is 1.75. The Bertz CT molecular complexity index is 423. The summed E-state index contributed by atoms with van der Waals surface area (Å²) in [5.74, 6) is 0.983. The van der Waals surface area contributed by atoms with Gasteiger partial charge in [-0.25, -0.2) is 0 Å². The van der Waals surface area contributed by atoms with Gasteiger partial charge in [0, 0.05) is 24.8 Å². The van der Waals surface area contributed by atoms with Crippen LogP contribution in [0.15, 0.2) is 18.2 Å². The van der Waals surface area contributed by atoms with Crippen LogP contribution in [0.25, 0.3) is 0 Å². The molecular formula is C16H24N2. The Morgan fingerprint density at radius 1 is 1.39 bits per heavy atom. The summed E-state index contributed by atoms with van der Waals surface area (Å²) in [5, 5.41) is 3.49. The first-order chi connectivity index (χ1) is 8.78. The molecule has 1 N–H and O–H groups in total. The van der Waals surface area contributed by atoms with Crippen LogP contribution in [0.4, 0.5) is 5.69 Å². The smallest absolute Gasteiger partial charge is 0.0399 e. The lowest BCUT2D eigenvalue weighted by molar-refractivity contribution is 0.598. The summed E-state index contributed by atoms with van der Waals surface area (Å²) in [6, 6.07) is 7.53. The first kappa shape index (κ1) is 12.0. The highest BCUT2D eigenvalue weighted by Gasteiger charge is 2.28. The summed E-state index contributed by atoms with van der Waals surface area (Å²) >= 11 is 0. The zero-order chi connectivity index (χ0) is 12.5. The number of fused-ring (bicyclic) bond motifs is 1. The second-order valence-electron chi connectivity index (χ2n) is 5.81. The van der Waals surface area contributed by atoms with Gasteiger partial charge in [0.15, 0.2) is 0 Å². The fourth-order valence-electron chi connectivity index (χ4n) is 2.99. The van der Waals surface area contributed by atoms with E-state index in [4.69, 9.17) is 0 Å². The Morgan fingerprint density at radius 3 is 2.94 bits per heavy atom. The van der Waals surface area contributed by atoms with Crippen LogP contribution in [-0.2, 0) is 6.42 Å². The molecule has 0 aromatic heterocycles. The van der Waals surface area contributed by atoms with Crippen molar-refractivity contribution >= 4 is 5.69 Å². The molecule has 1 atom stereocenters. The number of hydrogen-bond acceptors (Lipinski definition) is 2. The van der Waals surface area contributed by atoms with E-state index in [2.05, 4.69) is 42.3 Å². The fourth-order valence-corrected chi connectivity index (χ4v) is 2.99. The summed E-state index contributed by atoms with van der Waals surface area (Å²) in [6.07, 6.45) is 4.12. The molecule has 1 heterocycles. The lowest BCUT2D eigenvalue weighted by atomic mass is 10.0. The van der Waals surface area contributed by atoms with Crippen molar-refractivity contribution < 1.29 is 0 Å². The zero-order valence-electron chi connectivity index (χ0n) is 11.6. The minimum absolute atomic E-state index is 0.470. The third kappa shape index (κ3) is 2.39. The van der Waals surface area contributed by atoms with Crippen LogP contribution in [0.5, 0.6) is 0 Å². The van der Waals surface area contributed by atoms with Crippen LogP contribution in [0, 0.1) is 5.92 Å². The number of anilines is 1. The van der Waals surface area contributed by atoms with Crippen molar-refractivity contribution in [3.63, 3.8) is 0 Å². The molecule has 2 aliphatic rings. The molecule has 0 saturated heterocycles. The van der Waals surface area contributed by atoms with E-state index in [1.54, 1.807) is 5.56 Å². The average molecular weight is 244 g/mol. The molecule has 1 saturated carbocycles. The predicted octanol–water partition coefficient (Wildman–Crippen LogP) is 3.13. The quantitative estimate of drug-likeness (QED) is 0.856. The molecule has 18 heavy (non-hydrogen) atoms. The van der Waals surface area contributed by atoms with Crippen LogP contribution in [-0.4, -0.2) is 19.6 Å². The van der Waals surface area contributed by atoms with Gasteiger partial charge < -0.3 is 10.2 Å². The highest BCUT2D eigenvalue weighted by molar-refractivity contribution is 5.59. The molecule has 1 unspecified atom stereocenters. The van der Waals surface area contributed by atoms with Crippen molar-refractivity contribution in [1.29, 1.82) is 0 Å². The lowest BCUT2D eigenvalue weighted by Gasteiger charge is -2.20. The van der Waals surface area contributed by atoms with Crippen molar-refractivity contribution in [3.8, 4) is 0 Å². The van der Waals surface area contributed by atoms with Crippen molar-refractivity contribution in [3.05, 3.63) is 29.3 Å². The molecule has 1 fully saturated rings. The van der Waals surface area contributed by atoms with E-state index in [0.717, 1.165) is 12.5 Å². The number of hydrogen-bond donors (Lipinski definition) is 1. The summed E-state index contributed by atoms with van der Waals surface area (Å²) < 4.78 is 0. The summed E-state index contributed by atoms with van der Waals surface area (Å²) in [7, 11) is 0. The van der Waals surface area contributed by atoms with Gasteiger partial charge in [-0.15, -0.1) is 0 Å². The van der Waals surface area contributed by atoms with Crippen molar-refractivity contribution in [2.75, 3.05) is 24.5 Å². The molecule has 2 heteroatoms. The van der Waals surface area contributed by atoms with Crippen molar-refractivity contribution in [1.82, 2.24) is 5.32 Å². The maximum atomic E-state index is 3.49. The molecule has 1 aliphatic heterocycles. The van der Waals surface area contributed by atoms with Gasteiger partial charge in [0.2, 0.25) is 0 Å². The maximum absolute atomic E-state index is 3.49. The number of rotatable bonds is 5. The van der Waals surface area contributed by atoms with Crippen molar-refractivity contribution in [2.24, 2.45) is 5.92 Å². The van der Waals surface area contributed by atoms with E-state index in [0.29, 0.717) is 6.04 Å². The number of nitrogens with one attached hydrogen (secondary N) is 1. The van der Waals surface area contributed by atoms with Crippen molar-refractivity contribution in [2.45, 2.75) is 39.2 Å². The molecule has 98 valence electrons. The summed E-state index contributed by atoms with van der Waals surface area (Å²) in [6.45, 7) is 7.97. The van der Waals surface area contributed by atoms with Gasteiger partial charge in [-0.1, -0.05) is 19.1 Å². The van der Waals surface area contributed by atoms with Crippen LogP contribution >= 0.6 is 0 Å². The summed E-state index contributed by atoms with van der Waals surface area (Å²) in [4.78, 5) is 2.59. The highest BCUT2D eigenvalue weighted by Crippen LogP contribution is 2.36. The Labute approximate surface area is 110 Å². The molecule has 1 aromatic rings. The molecular weight excluding hydrogens is 220 g/mol. The fraction of sp³-hybridized carbons (Fsp3) is 0.625. The molecule has 0 spiro atoms. The van der Waals surface area contributed by atoms with Crippen LogP contribution in [0.1, 0.15) is 43.9 Å². The van der Waals surface area contributed by atoms with Gasteiger partial charge in [-0.05, 0) is 55.8 Å². The van der Waals surface area contributed by atoms with Gasteiger partial charge in [-0.3, -0.25) is 0 Å². The first-order valence-corrected chi connectivity index (χ1v) is 7.39. The highest BCUT2D eigenvalue weighted by atomic mass is 15.2. The maximum Gasteiger partial charge on any atom is 0.0399 e. The molecule has 0 amide bonds. The van der Waals surface area contributed by atoms with E-state index >= 15 is 0 Å².